The fourth-order valence-electron chi connectivity index (χ4n) is 2.26. The summed E-state index contributed by atoms with van der Waals surface area (Å²) < 4.78 is 0. The molecule has 0 radical (unpaired) electrons. The van der Waals surface area contributed by atoms with Gasteiger partial charge in [-0.15, -0.1) is 11.3 Å². The molecule has 2 N–H and O–H groups in total. The van der Waals surface area contributed by atoms with E-state index in [9.17, 15) is 4.79 Å². The van der Waals surface area contributed by atoms with E-state index in [1.165, 1.54) is 17.8 Å². The lowest BCUT2D eigenvalue weighted by atomic mass is 9.91. The fourth-order valence-corrected chi connectivity index (χ4v) is 3.01. The molecule has 0 aliphatic heterocycles. The van der Waals surface area contributed by atoms with E-state index < -0.39 is 0 Å². The third-order valence-electron chi connectivity index (χ3n) is 3.58. The van der Waals surface area contributed by atoms with E-state index >= 15 is 0 Å². The maximum Gasteiger partial charge on any atom is 0.239 e. The quantitative estimate of drug-likeness (QED) is 0.803. The van der Waals surface area contributed by atoms with Crippen LogP contribution in [0.25, 0.3) is 0 Å². The second kappa shape index (κ2) is 7.39. The number of rotatable bonds is 7. The molecule has 0 atom stereocenters. The van der Waals surface area contributed by atoms with Gasteiger partial charge in [-0.25, -0.2) is 0 Å². The van der Waals surface area contributed by atoms with Crippen molar-refractivity contribution in [3.8, 4) is 6.07 Å². The summed E-state index contributed by atoms with van der Waals surface area (Å²) in [7, 11) is 0. The number of hydrogen-bond donors (Lipinski definition) is 2. The number of aliphatic hydroxyl groups excluding tert-OH is 1. The molecule has 0 spiro atoms. The van der Waals surface area contributed by atoms with Gasteiger partial charge in [-0.2, -0.15) is 5.26 Å². The van der Waals surface area contributed by atoms with E-state index in [1.54, 1.807) is 11.4 Å². The highest BCUT2D eigenvalue weighted by Gasteiger charge is 2.26. The number of anilines is 1. The molecule has 0 unspecified atom stereocenters. The zero-order valence-corrected chi connectivity index (χ0v) is 12.2. The summed E-state index contributed by atoms with van der Waals surface area (Å²) in [4.78, 5) is 14.2. The maximum absolute atomic E-state index is 12.1. The third kappa shape index (κ3) is 3.79. The van der Waals surface area contributed by atoms with Crippen LogP contribution in [0.1, 0.15) is 31.2 Å². The molecule has 0 bridgehead atoms. The Labute approximate surface area is 122 Å². The molecule has 2 rings (SSSR count). The molecule has 1 fully saturated rings. The van der Waals surface area contributed by atoms with Crippen molar-refractivity contribution in [3.05, 3.63) is 17.0 Å². The van der Waals surface area contributed by atoms with Crippen LogP contribution in [0.5, 0.6) is 0 Å². The van der Waals surface area contributed by atoms with Crippen LogP contribution in [-0.2, 0) is 4.79 Å². The summed E-state index contributed by atoms with van der Waals surface area (Å²) in [5.74, 6) is -0.0891. The van der Waals surface area contributed by atoms with Crippen molar-refractivity contribution in [2.45, 2.75) is 31.7 Å². The largest absolute Gasteiger partial charge is 0.396 e. The Hall–Kier alpha value is -1.42. The number of nitrogens with one attached hydrogen (secondary N) is 1. The standard InChI is InChI=1S/C14H19N3O2S/c15-9-11-5-8-20-14(11)16-13(19)10-17(6-2-7-18)12-3-1-4-12/h5,8,12,18H,1-4,6-7,10H2,(H,16,19). The Morgan fingerprint density at radius 3 is 3.00 bits per heavy atom. The Morgan fingerprint density at radius 2 is 2.40 bits per heavy atom. The highest BCUT2D eigenvalue weighted by atomic mass is 32.1. The molecule has 6 heteroatoms. The van der Waals surface area contributed by atoms with E-state index in [1.807, 2.05) is 0 Å². The number of hydrogen-bond acceptors (Lipinski definition) is 5. The first-order chi connectivity index (χ1) is 9.74. The van der Waals surface area contributed by atoms with Gasteiger partial charge in [0.05, 0.1) is 12.1 Å². The van der Waals surface area contributed by atoms with Gasteiger partial charge in [0, 0.05) is 19.2 Å². The lowest BCUT2D eigenvalue weighted by Gasteiger charge is -2.37. The minimum Gasteiger partial charge on any atom is -0.396 e. The van der Waals surface area contributed by atoms with Crippen LogP contribution < -0.4 is 5.32 Å². The van der Waals surface area contributed by atoms with Crippen LogP contribution in [0.2, 0.25) is 0 Å². The Bertz CT molecular complexity index is 491. The summed E-state index contributed by atoms with van der Waals surface area (Å²) >= 11 is 1.36. The SMILES string of the molecule is N#Cc1ccsc1NC(=O)CN(CCCO)C1CCC1. The number of thiophene rings is 1. The average molecular weight is 293 g/mol. The van der Waals surface area contributed by atoms with E-state index in [0.717, 1.165) is 19.4 Å². The van der Waals surface area contributed by atoms with Gasteiger partial charge in [-0.1, -0.05) is 6.42 Å². The van der Waals surface area contributed by atoms with Crippen LogP contribution >= 0.6 is 11.3 Å². The molecule has 0 saturated heterocycles. The van der Waals surface area contributed by atoms with Crippen LogP contribution in [0.3, 0.4) is 0 Å². The Balaban J connectivity index is 1.89. The molecule has 20 heavy (non-hydrogen) atoms. The van der Waals surface area contributed by atoms with Gasteiger partial charge in [0.25, 0.3) is 0 Å². The summed E-state index contributed by atoms with van der Waals surface area (Å²) in [6.07, 6.45) is 4.15. The monoisotopic (exact) mass is 293 g/mol. The van der Waals surface area contributed by atoms with Crippen molar-refractivity contribution in [3.63, 3.8) is 0 Å². The van der Waals surface area contributed by atoms with Gasteiger partial charge in [-0.05, 0) is 30.7 Å². The molecule has 5 nitrogen and oxygen atoms in total. The van der Waals surface area contributed by atoms with E-state index in [4.69, 9.17) is 10.4 Å². The predicted molar refractivity (Wildman–Crippen MR) is 78.6 cm³/mol. The van der Waals surface area contributed by atoms with Crippen molar-refractivity contribution in [1.82, 2.24) is 4.90 Å². The highest BCUT2D eigenvalue weighted by Crippen LogP contribution is 2.25. The van der Waals surface area contributed by atoms with Gasteiger partial charge in [0.15, 0.2) is 0 Å². The fraction of sp³-hybridized carbons (Fsp3) is 0.571. The molecule has 1 saturated carbocycles. The van der Waals surface area contributed by atoms with E-state index in [0.29, 0.717) is 29.6 Å². The summed E-state index contributed by atoms with van der Waals surface area (Å²) in [6, 6.07) is 4.23. The molecule has 1 aliphatic rings. The molecule has 1 heterocycles. The normalized spacial score (nSPS) is 14.8. The second-order valence-electron chi connectivity index (χ2n) is 4.96. The first-order valence-electron chi connectivity index (χ1n) is 6.87. The molecule has 1 amide bonds. The maximum atomic E-state index is 12.1. The smallest absolute Gasteiger partial charge is 0.239 e. The molecule has 0 aromatic carbocycles. The Kier molecular flexibility index (Phi) is 5.53. The van der Waals surface area contributed by atoms with Crippen LogP contribution in [0.4, 0.5) is 5.00 Å². The molecule has 108 valence electrons. The van der Waals surface area contributed by atoms with Crippen molar-refractivity contribution in [2.24, 2.45) is 0 Å². The molecule has 1 aliphatic carbocycles. The van der Waals surface area contributed by atoms with Gasteiger partial charge in [0.2, 0.25) is 5.91 Å². The topological polar surface area (TPSA) is 76.4 Å². The summed E-state index contributed by atoms with van der Waals surface area (Å²) in [5, 5.41) is 23.1. The van der Waals surface area contributed by atoms with E-state index in [-0.39, 0.29) is 12.5 Å². The number of carbonyl (C=O) groups is 1. The molecule has 1 aromatic rings. The highest BCUT2D eigenvalue weighted by molar-refractivity contribution is 7.14. The van der Waals surface area contributed by atoms with Gasteiger partial charge in [-0.3, -0.25) is 9.69 Å². The Morgan fingerprint density at radius 1 is 1.60 bits per heavy atom. The second-order valence-corrected chi connectivity index (χ2v) is 5.87. The van der Waals surface area contributed by atoms with Crippen LogP contribution in [-0.4, -0.2) is 41.7 Å². The number of carbonyl (C=O) groups excluding carboxylic acids is 1. The first kappa shape index (κ1) is 15.0. The van der Waals surface area contributed by atoms with Crippen molar-refractivity contribution >= 4 is 22.2 Å². The van der Waals surface area contributed by atoms with Crippen molar-refractivity contribution in [1.29, 1.82) is 5.26 Å². The lowest BCUT2D eigenvalue weighted by molar-refractivity contribution is -0.118. The number of nitrogens with zero attached hydrogens (tertiary/aromatic N) is 2. The third-order valence-corrected chi connectivity index (χ3v) is 4.41. The number of aliphatic hydroxyl groups is 1. The van der Waals surface area contributed by atoms with Crippen molar-refractivity contribution in [2.75, 3.05) is 25.0 Å². The molecular weight excluding hydrogens is 274 g/mol. The van der Waals surface area contributed by atoms with Gasteiger partial charge >= 0.3 is 0 Å². The van der Waals surface area contributed by atoms with Crippen molar-refractivity contribution < 1.29 is 9.90 Å². The van der Waals surface area contributed by atoms with E-state index in [2.05, 4.69) is 16.3 Å². The minimum absolute atomic E-state index is 0.0891. The van der Waals surface area contributed by atoms with Gasteiger partial charge < -0.3 is 10.4 Å². The summed E-state index contributed by atoms with van der Waals surface area (Å²) in [5.41, 5.74) is 0.508. The van der Waals surface area contributed by atoms with Crippen LogP contribution in [0.15, 0.2) is 11.4 Å². The predicted octanol–water partition coefficient (Wildman–Crippen LogP) is 1.80. The van der Waals surface area contributed by atoms with Gasteiger partial charge in [0.1, 0.15) is 11.1 Å². The number of amides is 1. The zero-order chi connectivity index (χ0) is 14.4. The number of nitriles is 1. The molecule has 1 aromatic heterocycles. The average Bonchev–Trinajstić information content (AvgIpc) is 2.80. The van der Waals surface area contributed by atoms with Crippen LogP contribution in [0, 0.1) is 11.3 Å². The summed E-state index contributed by atoms with van der Waals surface area (Å²) in [6.45, 7) is 1.21. The first-order valence-corrected chi connectivity index (χ1v) is 7.75. The zero-order valence-electron chi connectivity index (χ0n) is 11.3. The molecular formula is C14H19N3O2S. The lowest BCUT2D eigenvalue weighted by Crippen LogP contribution is -2.45. The minimum atomic E-state index is -0.0891.